The number of carboxylic acids is 1. The van der Waals surface area contributed by atoms with Crippen LogP contribution in [0.15, 0.2) is 10.9 Å². The molecule has 0 saturated carbocycles. The molecule has 6 heteroatoms. The number of piperidine rings is 1. The molecular weight excluding hydrogens is 284 g/mol. The number of rotatable bonds is 4. The predicted octanol–water partition coefficient (Wildman–Crippen LogP) is 1.74. The van der Waals surface area contributed by atoms with Gasteiger partial charge in [-0.1, -0.05) is 6.92 Å². The zero-order valence-electron chi connectivity index (χ0n) is 13.4. The summed E-state index contributed by atoms with van der Waals surface area (Å²) >= 11 is 0. The van der Waals surface area contributed by atoms with Crippen molar-refractivity contribution in [1.29, 1.82) is 0 Å². The van der Waals surface area contributed by atoms with Gasteiger partial charge in [0.1, 0.15) is 6.04 Å². The maximum absolute atomic E-state index is 11.9. The summed E-state index contributed by atoms with van der Waals surface area (Å²) in [7, 11) is 0. The molecule has 1 saturated heterocycles. The number of pyridine rings is 1. The van der Waals surface area contributed by atoms with E-state index in [0.717, 1.165) is 19.5 Å². The van der Waals surface area contributed by atoms with Gasteiger partial charge in [-0.15, -0.1) is 0 Å². The number of aliphatic carboxylic acids is 1. The predicted molar refractivity (Wildman–Crippen MR) is 83.1 cm³/mol. The monoisotopic (exact) mass is 308 g/mol. The molecule has 1 aliphatic rings. The molecule has 1 aromatic rings. The van der Waals surface area contributed by atoms with Crippen molar-refractivity contribution in [1.82, 2.24) is 9.47 Å². The molecule has 2 unspecified atom stereocenters. The van der Waals surface area contributed by atoms with E-state index < -0.39 is 17.4 Å². The zero-order valence-corrected chi connectivity index (χ0v) is 13.4. The quantitative estimate of drug-likeness (QED) is 0.885. The highest BCUT2D eigenvalue weighted by Crippen LogP contribution is 2.24. The van der Waals surface area contributed by atoms with E-state index in [1.165, 1.54) is 12.5 Å². The van der Waals surface area contributed by atoms with Gasteiger partial charge in [0, 0.05) is 24.8 Å². The van der Waals surface area contributed by atoms with Crippen LogP contribution in [-0.4, -0.2) is 38.7 Å². The molecule has 0 spiro atoms. The lowest BCUT2D eigenvalue weighted by atomic mass is 10.00. The van der Waals surface area contributed by atoms with Crippen molar-refractivity contribution in [3.05, 3.63) is 27.7 Å². The molecule has 2 atom stereocenters. The highest BCUT2D eigenvalue weighted by Gasteiger charge is 2.24. The van der Waals surface area contributed by atoms with Gasteiger partial charge < -0.3 is 14.8 Å². The van der Waals surface area contributed by atoms with E-state index in [1.54, 1.807) is 18.4 Å². The number of hydrogen-bond donors (Lipinski definition) is 2. The fraction of sp³-hybridized carbons (Fsp3) is 0.625. The third kappa shape index (κ3) is 3.32. The summed E-state index contributed by atoms with van der Waals surface area (Å²) < 4.78 is 1.55. The van der Waals surface area contributed by atoms with Crippen molar-refractivity contribution >= 4 is 5.97 Å². The molecule has 1 aliphatic heterocycles. The summed E-state index contributed by atoms with van der Waals surface area (Å²) in [4.78, 5) is 25.4. The number of hydrogen-bond acceptors (Lipinski definition) is 4. The van der Waals surface area contributed by atoms with Crippen molar-refractivity contribution < 1.29 is 15.0 Å². The summed E-state index contributed by atoms with van der Waals surface area (Å²) in [6, 6.07) is 0.459. The van der Waals surface area contributed by atoms with Crippen LogP contribution in [0, 0.1) is 12.8 Å². The lowest BCUT2D eigenvalue weighted by molar-refractivity contribution is -0.140. The van der Waals surface area contributed by atoms with E-state index in [-0.39, 0.29) is 5.75 Å². The van der Waals surface area contributed by atoms with Crippen molar-refractivity contribution in [3.8, 4) is 5.75 Å². The van der Waals surface area contributed by atoms with Crippen LogP contribution in [0.25, 0.3) is 0 Å². The highest BCUT2D eigenvalue weighted by molar-refractivity contribution is 5.71. The van der Waals surface area contributed by atoms with E-state index in [9.17, 15) is 19.8 Å². The van der Waals surface area contributed by atoms with Gasteiger partial charge in [-0.2, -0.15) is 0 Å². The van der Waals surface area contributed by atoms with Gasteiger partial charge >= 0.3 is 5.97 Å². The second-order valence-corrected chi connectivity index (χ2v) is 6.31. The number of nitrogens with zero attached hydrogens (tertiary/aromatic N) is 2. The maximum Gasteiger partial charge on any atom is 0.326 e. The number of aryl methyl sites for hydroxylation is 1. The maximum atomic E-state index is 11.9. The average molecular weight is 308 g/mol. The molecule has 0 aromatic carbocycles. The molecule has 2 heterocycles. The first-order valence-corrected chi connectivity index (χ1v) is 7.70. The van der Waals surface area contributed by atoms with Crippen LogP contribution in [0.3, 0.4) is 0 Å². The first-order chi connectivity index (χ1) is 10.3. The van der Waals surface area contributed by atoms with Crippen LogP contribution < -0.4 is 5.43 Å². The van der Waals surface area contributed by atoms with Crippen LogP contribution in [-0.2, 0) is 11.3 Å². The Kier molecular flexibility index (Phi) is 4.90. The summed E-state index contributed by atoms with van der Waals surface area (Å²) in [5.74, 6) is -0.755. The van der Waals surface area contributed by atoms with Crippen LogP contribution in [0.5, 0.6) is 5.75 Å². The molecule has 2 rings (SSSR count). The number of carboxylic acid groups (broad SMARTS) is 1. The second-order valence-electron chi connectivity index (χ2n) is 6.31. The van der Waals surface area contributed by atoms with E-state index in [2.05, 4.69) is 11.8 Å². The average Bonchev–Trinajstić information content (AvgIpc) is 2.44. The van der Waals surface area contributed by atoms with Gasteiger partial charge in [0.2, 0.25) is 5.43 Å². The topological polar surface area (TPSA) is 82.8 Å². The van der Waals surface area contributed by atoms with Crippen molar-refractivity contribution in [2.45, 2.75) is 46.2 Å². The Morgan fingerprint density at radius 2 is 2.18 bits per heavy atom. The highest BCUT2D eigenvalue weighted by atomic mass is 16.4. The van der Waals surface area contributed by atoms with Gasteiger partial charge in [0.25, 0.3) is 0 Å². The van der Waals surface area contributed by atoms with Crippen molar-refractivity contribution in [2.75, 3.05) is 13.1 Å². The van der Waals surface area contributed by atoms with Crippen LogP contribution >= 0.6 is 0 Å². The van der Waals surface area contributed by atoms with Crippen LogP contribution in [0.1, 0.15) is 44.1 Å². The Bertz CT molecular complexity index is 623. The van der Waals surface area contributed by atoms with Crippen LogP contribution in [0.2, 0.25) is 0 Å². The Morgan fingerprint density at radius 1 is 1.50 bits per heavy atom. The van der Waals surface area contributed by atoms with Crippen LogP contribution in [0.4, 0.5) is 0 Å². The smallest absolute Gasteiger partial charge is 0.326 e. The van der Waals surface area contributed by atoms with E-state index >= 15 is 0 Å². The minimum Gasteiger partial charge on any atom is -0.503 e. The van der Waals surface area contributed by atoms with Gasteiger partial charge in [-0.3, -0.25) is 9.69 Å². The molecule has 0 aliphatic carbocycles. The van der Waals surface area contributed by atoms with Gasteiger partial charge in [0.15, 0.2) is 5.75 Å². The SMILES string of the molecule is Cc1cc(=O)c(O)c(CN2CCCC(C)C2)n1C(C)C(=O)O. The molecule has 1 fully saturated rings. The second kappa shape index (κ2) is 6.52. The molecule has 22 heavy (non-hydrogen) atoms. The van der Waals surface area contributed by atoms with E-state index in [1.807, 2.05) is 0 Å². The first-order valence-electron chi connectivity index (χ1n) is 7.70. The third-order valence-electron chi connectivity index (χ3n) is 4.38. The molecule has 6 nitrogen and oxygen atoms in total. The van der Waals surface area contributed by atoms with Gasteiger partial charge in [-0.25, -0.2) is 4.79 Å². The molecule has 122 valence electrons. The number of aromatic hydroxyl groups is 1. The van der Waals surface area contributed by atoms with E-state index in [0.29, 0.717) is 23.9 Å². The minimum atomic E-state index is -0.987. The Labute approximate surface area is 130 Å². The summed E-state index contributed by atoms with van der Waals surface area (Å²) in [6.07, 6.45) is 2.25. The molecule has 0 bridgehead atoms. The number of likely N-dealkylation sites (tertiary alicyclic amines) is 1. The summed E-state index contributed by atoms with van der Waals surface area (Å²) in [5.41, 5.74) is 0.498. The number of carbonyl (C=O) groups is 1. The zero-order chi connectivity index (χ0) is 16.4. The van der Waals surface area contributed by atoms with Crippen molar-refractivity contribution in [2.24, 2.45) is 5.92 Å². The molecule has 0 radical (unpaired) electrons. The lowest BCUT2D eigenvalue weighted by Gasteiger charge is -2.32. The van der Waals surface area contributed by atoms with Gasteiger partial charge in [-0.05, 0) is 39.2 Å². The van der Waals surface area contributed by atoms with E-state index in [4.69, 9.17) is 0 Å². The van der Waals surface area contributed by atoms with Gasteiger partial charge in [0.05, 0.1) is 5.69 Å². The molecular formula is C16H24N2O4. The fourth-order valence-electron chi connectivity index (χ4n) is 3.24. The normalized spacial score (nSPS) is 20.8. The number of aromatic nitrogens is 1. The molecule has 2 N–H and O–H groups in total. The minimum absolute atomic E-state index is 0.336. The fourth-order valence-corrected chi connectivity index (χ4v) is 3.24. The molecule has 1 aromatic heterocycles. The Balaban J connectivity index is 2.43. The first kappa shape index (κ1) is 16.5. The Morgan fingerprint density at radius 3 is 2.77 bits per heavy atom. The summed E-state index contributed by atoms with van der Waals surface area (Å²) in [6.45, 7) is 7.61. The summed E-state index contributed by atoms with van der Waals surface area (Å²) in [5, 5.41) is 19.5. The Hall–Kier alpha value is -1.82. The molecule has 0 amide bonds. The standard InChI is InChI=1S/C16H24N2O4/c1-10-5-4-6-17(8-10)9-13-15(20)14(19)7-11(2)18(13)12(3)16(21)22/h7,10,12,20H,4-6,8-9H2,1-3H3,(H,21,22). The lowest BCUT2D eigenvalue weighted by Crippen LogP contribution is -2.36. The largest absolute Gasteiger partial charge is 0.503 e. The third-order valence-corrected chi connectivity index (χ3v) is 4.38. The van der Waals surface area contributed by atoms with Crippen molar-refractivity contribution in [3.63, 3.8) is 0 Å².